The van der Waals surface area contributed by atoms with Crippen LogP contribution in [0.5, 0.6) is 0 Å². The van der Waals surface area contributed by atoms with Crippen molar-refractivity contribution in [3.63, 3.8) is 0 Å². The molecule has 7 aromatic rings. The molecule has 162 valence electrons. The third kappa shape index (κ3) is 2.91. The molecule has 0 saturated heterocycles. The van der Waals surface area contributed by atoms with E-state index in [-0.39, 0.29) is 0 Å². The Hall–Kier alpha value is -3.09. The lowest BCUT2D eigenvalue weighted by Gasteiger charge is -2.11. The maximum atomic E-state index is 3.78. The van der Waals surface area contributed by atoms with E-state index in [2.05, 4.69) is 157 Å². The van der Waals surface area contributed by atoms with Crippen LogP contribution in [0.25, 0.3) is 55.0 Å². The molecule has 0 bridgehead atoms. The molecule has 0 fully saturated rings. The zero-order valence-electron chi connectivity index (χ0n) is 18.0. The molecular weight excluding hydrogens is 595 g/mol. The van der Waals surface area contributed by atoms with Crippen LogP contribution >= 0.6 is 38.5 Å². The predicted molar refractivity (Wildman–Crippen MR) is 156 cm³/mol. The van der Waals surface area contributed by atoms with Gasteiger partial charge in [-0.05, 0) is 99.2 Å². The van der Waals surface area contributed by atoms with Crippen molar-refractivity contribution in [2.45, 2.75) is 0 Å². The zero-order valence-corrected chi connectivity index (χ0v) is 21.8. The first-order valence-corrected chi connectivity index (χ1v) is 13.0. The SMILES string of the molecule is Brc1ccccc1-n1c2ccc(I)cc2c2cc(-n3c4ccccc4c4ccccc43)ccc21. The van der Waals surface area contributed by atoms with Gasteiger partial charge >= 0.3 is 0 Å². The molecule has 0 amide bonds. The molecule has 0 unspecified atom stereocenters. The fourth-order valence-corrected chi connectivity index (χ4v) is 6.17. The molecule has 2 heterocycles. The van der Waals surface area contributed by atoms with Crippen LogP contribution in [0.3, 0.4) is 0 Å². The molecule has 0 atom stereocenters. The van der Waals surface area contributed by atoms with Gasteiger partial charge in [-0.3, -0.25) is 0 Å². The number of benzene rings is 5. The Morgan fingerprint density at radius 2 is 1.06 bits per heavy atom. The first kappa shape index (κ1) is 20.3. The third-order valence-electron chi connectivity index (χ3n) is 6.64. The molecule has 34 heavy (non-hydrogen) atoms. The Kier molecular flexibility index (Phi) is 4.61. The summed E-state index contributed by atoms with van der Waals surface area (Å²) in [6.45, 7) is 0. The highest BCUT2D eigenvalue weighted by Crippen LogP contribution is 2.38. The standard InChI is InChI=1S/C30H18BrIN2/c31-25-9-3-6-12-30(25)34-28-15-13-19(32)17-23(28)24-18-20(14-16-29(24)34)33-26-10-4-1-7-21(26)22-8-2-5-11-27(22)33/h1-18H. The summed E-state index contributed by atoms with van der Waals surface area (Å²) in [4.78, 5) is 0. The highest BCUT2D eigenvalue weighted by Gasteiger charge is 2.17. The summed E-state index contributed by atoms with van der Waals surface area (Å²) in [5.74, 6) is 0. The number of para-hydroxylation sites is 3. The molecule has 0 saturated carbocycles. The van der Waals surface area contributed by atoms with E-state index in [1.807, 2.05) is 0 Å². The fourth-order valence-electron chi connectivity index (χ4n) is 5.22. The van der Waals surface area contributed by atoms with Crippen molar-refractivity contribution in [3.05, 3.63) is 117 Å². The Balaban J connectivity index is 1.60. The van der Waals surface area contributed by atoms with Gasteiger partial charge in [-0.25, -0.2) is 0 Å². The van der Waals surface area contributed by atoms with E-state index in [0.717, 1.165) is 10.2 Å². The van der Waals surface area contributed by atoms with Crippen LogP contribution in [0.2, 0.25) is 0 Å². The topological polar surface area (TPSA) is 9.86 Å². The van der Waals surface area contributed by atoms with Crippen LogP contribution < -0.4 is 0 Å². The number of hydrogen-bond acceptors (Lipinski definition) is 0. The Morgan fingerprint density at radius 1 is 0.500 bits per heavy atom. The average Bonchev–Trinajstić information content (AvgIpc) is 3.37. The van der Waals surface area contributed by atoms with E-state index in [4.69, 9.17) is 0 Å². The van der Waals surface area contributed by atoms with Gasteiger partial charge < -0.3 is 9.13 Å². The lowest BCUT2D eigenvalue weighted by molar-refractivity contribution is 1.16. The number of halogens is 2. The molecule has 0 aliphatic carbocycles. The van der Waals surface area contributed by atoms with Crippen molar-refractivity contribution in [3.8, 4) is 11.4 Å². The second kappa shape index (κ2) is 7.72. The monoisotopic (exact) mass is 612 g/mol. The van der Waals surface area contributed by atoms with E-state index < -0.39 is 0 Å². The van der Waals surface area contributed by atoms with E-state index in [1.165, 1.54) is 52.9 Å². The van der Waals surface area contributed by atoms with Crippen molar-refractivity contribution >= 4 is 82.1 Å². The zero-order chi connectivity index (χ0) is 22.8. The molecule has 2 nitrogen and oxygen atoms in total. The van der Waals surface area contributed by atoms with Crippen LogP contribution in [-0.2, 0) is 0 Å². The fraction of sp³-hybridized carbons (Fsp3) is 0. The largest absolute Gasteiger partial charge is 0.309 e. The van der Waals surface area contributed by atoms with Gasteiger partial charge in [-0.2, -0.15) is 0 Å². The first-order chi connectivity index (χ1) is 16.7. The summed E-state index contributed by atoms with van der Waals surface area (Å²) in [6.07, 6.45) is 0. The maximum Gasteiger partial charge on any atom is 0.0604 e. The Morgan fingerprint density at radius 3 is 1.76 bits per heavy atom. The summed E-state index contributed by atoms with van der Waals surface area (Å²) < 4.78 is 7.07. The van der Waals surface area contributed by atoms with Gasteiger partial charge in [0, 0.05) is 35.3 Å². The van der Waals surface area contributed by atoms with Crippen LogP contribution in [0, 0.1) is 3.57 Å². The molecule has 0 N–H and O–H groups in total. The van der Waals surface area contributed by atoms with Crippen molar-refractivity contribution in [1.82, 2.24) is 9.13 Å². The highest BCUT2D eigenvalue weighted by atomic mass is 127. The van der Waals surface area contributed by atoms with Gasteiger partial charge in [-0.15, -0.1) is 0 Å². The summed E-state index contributed by atoms with van der Waals surface area (Å²) in [7, 11) is 0. The van der Waals surface area contributed by atoms with Gasteiger partial charge in [0.25, 0.3) is 0 Å². The number of nitrogens with zero attached hydrogens (tertiary/aromatic N) is 2. The molecular formula is C30H18BrIN2. The second-order valence-corrected chi connectivity index (χ2v) is 10.6. The summed E-state index contributed by atoms with van der Waals surface area (Å²) >= 11 is 6.19. The molecule has 5 aromatic carbocycles. The van der Waals surface area contributed by atoms with Gasteiger partial charge in [0.05, 0.1) is 27.8 Å². The van der Waals surface area contributed by atoms with Crippen LogP contribution in [0.4, 0.5) is 0 Å². The van der Waals surface area contributed by atoms with Crippen LogP contribution in [0.15, 0.2) is 114 Å². The van der Waals surface area contributed by atoms with Crippen molar-refractivity contribution in [1.29, 1.82) is 0 Å². The molecule has 0 aliphatic rings. The first-order valence-electron chi connectivity index (χ1n) is 11.2. The second-order valence-electron chi connectivity index (χ2n) is 8.52. The van der Waals surface area contributed by atoms with E-state index in [1.54, 1.807) is 0 Å². The van der Waals surface area contributed by atoms with Crippen LogP contribution in [-0.4, -0.2) is 9.13 Å². The quantitative estimate of drug-likeness (QED) is 0.172. The van der Waals surface area contributed by atoms with Crippen LogP contribution in [0.1, 0.15) is 0 Å². The summed E-state index contributed by atoms with van der Waals surface area (Å²) in [5, 5.41) is 5.08. The average molecular weight is 613 g/mol. The number of aromatic nitrogens is 2. The predicted octanol–water partition coefficient (Wildman–Crippen LogP) is 9.25. The smallest absolute Gasteiger partial charge is 0.0604 e. The maximum absolute atomic E-state index is 3.78. The van der Waals surface area contributed by atoms with Gasteiger partial charge in [0.2, 0.25) is 0 Å². The summed E-state index contributed by atoms with van der Waals surface area (Å²) in [5.41, 5.74) is 7.19. The Labute approximate surface area is 218 Å². The van der Waals surface area contributed by atoms with E-state index in [9.17, 15) is 0 Å². The minimum Gasteiger partial charge on any atom is -0.309 e. The summed E-state index contributed by atoms with van der Waals surface area (Å²) in [6, 6.07) is 39.3. The molecule has 0 radical (unpaired) electrons. The lowest BCUT2D eigenvalue weighted by Crippen LogP contribution is -1.96. The minimum atomic E-state index is 1.08. The molecule has 0 aliphatic heterocycles. The lowest BCUT2D eigenvalue weighted by atomic mass is 10.1. The van der Waals surface area contributed by atoms with E-state index in [0.29, 0.717) is 0 Å². The van der Waals surface area contributed by atoms with Gasteiger partial charge in [0.15, 0.2) is 0 Å². The van der Waals surface area contributed by atoms with Crippen molar-refractivity contribution in [2.75, 3.05) is 0 Å². The molecule has 7 rings (SSSR count). The van der Waals surface area contributed by atoms with Crippen molar-refractivity contribution in [2.24, 2.45) is 0 Å². The molecule has 2 aromatic heterocycles. The number of hydrogen-bond donors (Lipinski definition) is 0. The third-order valence-corrected chi connectivity index (χ3v) is 7.98. The molecule has 0 spiro atoms. The molecule has 4 heteroatoms. The normalized spacial score (nSPS) is 11.8. The minimum absolute atomic E-state index is 1.08. The Bertz CT molecular complexity index is 1840. The van der Waals surface area contributed by atoms with Gasteiger partial charge in [-0.1, -0.05) is 48.5 Å². The number of fused-ring (bicyclic) bond motifs is 6. The van der Waals surface area contributed by atoms with Gasteiger partial charge in [0.1, 0.15) is 0 Å². The van der Waals surface area contributed by atoms with Crippen molar-refractivity contribution < 1.29 is 0 Å². The number of rotatable bonds is 2. The van der Waals surface area contributed by atoms with E-state index >= 15 is 0 Å². The highest BCUT2D eigenvalue weighted by molar-refractivity contribution is 14.1.